The van der Waals surface area contributed by atoms with Crippen molar-refractivity contribution in [1.29, 1.82) is 0 Å². The van der Waals surface area contributed by atoms with Crippen LogP contribution in [-0.4, -0.2) is 61.4 Å². The smallest absolute Gasteiger partial charge is 0.128 e. The molecule has 0 bridgehead atoms. The maximum atomic E-state index is 5.73. The van der Waals surface area contributed by atoms with Crippen molar-refractivity contribution in [3.63, 3.8) is 0 Å². The van der Waals surface area contributed by atoms with E-state index < -0.39 is 0 Å². The van der Waals surface area contributed by atoms with Gasteiger partial charge in [0.05, 0.1) is 6.10 Å². The molecule has 2 aliphatic heterocycles. The Bertz CT molecular complexity index is 496. The van der Waals surface area contributed by atoms with Crippen molar-refractivity contribution in [3.8, 4) is 0 Å². The van der Waals surface area contributed by atoms with Gasteiger partial charge in [-0.05, 0) is 50.4 Å². The minimum absolute atomic E-state index is 0.454. The first-order valence-corrected chi connectivity index (χ1v) is 9.52. The van der Waals surface area contributed by atoms with Gasteiger partial charge in [-0.3, -0.25) is 0 Å². The van der Waals surface area contributed by atoms with E-state index >= 15 is 0 Å². The Hall–Kier alpha value is -1.17. The van der Waals surface area contributed by atoms with Crippen molar-refractivity contribution < 1.29 is 4.74 Å². The Kier molecular flexibility index (Phi) is 6.46. The molecule has 0 aromatic carbocycles. The normalized spacial score (nSPS) is 23.6. The maximum Gasteiger partial charge on any atom is 0.128 e. The number of pyridine rings is 1. The van der Waals surface area contributed by atoms with Gasteiger partial charge in [0.2, 0.25) is 0 Å². The number of rotatable bonds is 7. The van der Waals surface area contributed by atoms with E-state index in [1.54, 1.807) is 0 Å². The largest absolute Gasteiger partial charge is 0.378 e. The monoisotopic (exact) mass is 332 g/mol. The number of nitrogens with zero attached hydrogens (tertiary/aromatic N) is 3. The van der Waals surface area contributed by atoms with E-state index in [1.807, 2.05) is 6.20 Å². The van der Waals surface area contributed by atoms with E-state index in [4.69, 9.17) is 4.74 Å². The van der Waals surface area contributed by atoms with E-state index in [9.17, 15) is 0 Å². The molecular weight excluding hydrogens is 300 g/mol. The van der Waals surface area contributed by atoms with Crippen LogP contribution in [0.15, 0.2) is 18.3 Å². The average Bonchev–Trinajstić information content (AvgIpc) is 3.13. The van der Waals surface area contributed by atoms with Gasteiger partial charge >= 0.3 is 0 Å². The fourth-order valence-electron chi connectivity index (χ4n) is 3.64. The second-order valence-electron chi connectivity index (χ2n) is 7.10. The van der Waals surface area contributed by atoms with Crippen LogP contribution in [0.2, 0.25) is 0 Å². The highest BCUT2D eigenvalue weighted by Gasteiger charge is 2.19. The van der Waals surface area contributed by atoms with E-state index in [0.717, 1.165) is 58.1 Å². The summed E-state index contributed by atoms with van der Waals surface area (Å²) in [4.78, 5) is 9.49. The fraction of sp³-hybridized carbons (Fsp3) is 0.737. The fourth-order valence-corrected chi connectivity index (χ4v) is 3.64. The minimum Gasteiger partial charge on any atom is -0.378 e. The van der Waals surface area contributed by atoms with Crippen LogP contribution in [0.1, 0.15) is 38.7 Å². The van der Waals surface area contributed by atoms with Crippen LogP contribution < -0.4 is 10.2 Å². The summed E-state index contributed by atoms with van der Waals surface area (Å²) < 4.78 is 5.73. The van der Waals surface area contributed by atoms with Crippen LogP contribution >= 0.6 is 0 Å². The van der Waals surface area contributed by atoms with Crippen molar-refractivity contribution in [2.75, 3.05) is 44.2 Å². The third-order valence-corrected chi connectivity index (χ3v) is 5.25. The van der Waals surface area contributed by atoms with Gasteiger partial charge in [-0.2, -0.15) is 0 Å². The average molecular weight is 332 g/mol. The predicted octanol–water partition coefficient (Wildman–Crippen LogP) is 2.27. The number of anilines is 1. The van der Waals surface area contributed by atoms with Gasteiger partial charge in [-0.25, -0.2) is 4.98 Å². The van der Waals surface area contributed by atoms with Gasteiger partial charge < -0.3 is 19.9 Å². The zero-order chi connectivity index (χ0) is 16.8. The first kappa shape index (κ1) is 17.6. The summed E-state index contributed by atoms with van der Waals surface area (Å²) in [6, 6.07) is 4.85. The predicted molar refractivity (Wildman–Crippen MR) is 98.5 cm³/mol. The number of hydrogen-bond acceptors (Lipinski definition) is 5. The lowest BCUT2D eigenvalue weighted by atomic mass is 10.1. The number of likely N-dealkylation sites (N-methyl/N-ethyl adjacent to an activating group) is 1. The Balaban J connectivity index is 1.48. The molecule has 1 N–H and O–H groups in total. The number of aromatic nitrogens is 1. The molecule has 134 valence electrons. The van der Waals surface area contributed by atoms with Crippen molar-refractivity contribution >= 4 is 5.82 Å². The van der Waals surface area contributed by atoms with Crippen LogP contribution in [0.25, 0.3) is 0 Å². The SMILES string of the molecule is CCN1CCN(c2cc(CN[C@H](C)C[C@H]3CCCO3)ccn2)CC1. The van der Waals surface area contributed by atoms with Gasteiger partial charge in [0.1, 0.15) is 5.82 Å². The Morgan fingerprint density at radius 3 is 2.88 bits per heavy atom. The molecule has 0 amide bonds. The summed E-state index contributed by atoms with van der Waals surface area (Å²) in [6.45, 7) is 11.9. The maximum absolute atomic E-state index is 5.73. The summed E-state index contributed by atoms with van der Waals surface area (Å²) >= 11 is 0. The summed E-state index contributed by atoms with van der Waals surface area (Å²) in [6.07, 6.45) is 5.95. The molecule has 2 atom stereocenters. The number of piperazine rings is 1. The molecule has 0 spiro atoms. The van der Waals surface area contributed by atoms with Gasteiger partial charge in [0, 0.05) is 51.6 Å². The molecule has 3 heterocycles. The molecule has 1 aromatic rings. The molecule has 2 aliphatic rings. The summed E-state index contributed by atoms with van der Waals surface area (Å²) in [5, 5.41) is 3.64. The second kappa shape index (κ2) is 8.79. The third-order valence-electron chi connectivity index (χ3n) is 5.25. The van der Waals surface area contributed by atoms with Crippen molar-refractivity contribution in [3.05, 3.63) is 23.9 Å². The summed E-state index contributed by atoms with van der Waals surface area (Å²) in [5.41, 5.74) is 1.32. The Morgan fingerprint density at radius 2 is 2.17 bits per heavy atom. The molecular formula is C19H32N4O. The van der Waals surface area contributed by atoms with E-state index in [2.05, 4.69) is 46.1 Å². The molecule has 2 fully saturated rings. The Morgan fingerprint density at radius 1 is 1.33 bits per heavy atom. The standard InChI is InChI=1S/C19H32N4O/c1-3-22-8-10-23(11-9-22)19-14-17(6-7-20-19)15-21-16(2)13-18-5-4-12-24-18/h6-7,14,16,18,21H,3-5,8-13,15H2,1-2H3/t16-,18-/m1/s1. The molecule has 5 heteroatoms. The molecule has 0 radical (unpaired) electrons. The number of nitrogens with one attached hydrogen (secondary N) is 1. The lowest BCUT2D eigenvalue weighted by Gasteiger charge is -2.34. The molecule has 3 rings (SSSR count). The zero-order valence-corrected chi connectivity index (χ0v) is 15.2. The highest BCUT2D eigenvalue weighted by molar-refractivity contribution is 5.41. The summed E-state index contributed by atoms with van der Waals surface area (Å²) in [5.74, 6) is 1.12. The first-order chi connectivity index (χ1) is 11.7. The van der Waals surface area contributed by atoms with Gasteiger partial charge in [0.25, 0.3) is 0 Å². The van der Waals surface area contributed by atoms with E-state index in [-0.39, 0.29) is 0 Å². The van der Waals surface area contributed by atoms with Gasteiger partial charge in [0.15, 0.2) is 0 Å². The first-order valence-electron chi connectivity index (χ1n) is 9.52. The number of hydrogen-bond donors (Lipinski definition) is 1. The highest BCUT2D eigenvalue weighted by Crippen LogP contribution is 2.18. The van der Waals surface area contributed by atoms with Crippen molar-refractivity contribution in [1.82, 2.24) is 15.2 Å². The minimum atomic E-state index is 0.454. The number of ether oxygens (including phenoxy) is 1. The molecule has 0 aliphatic carbocycles. The van der Waals surface area contributed by atoms with Gasteiger partial charge in [-0.1, -0.05) is 6.92 Å². The van der Waals surface area contributed by atoms with E-state index in [0.29, 0.717) is 12.1 Å². The quantitative estimate of drug-likeness (QED) is 0.829. The van der Waals surface area contributed by atoms with Crippen LogP contribution in [0.5, 0.6) is 0 Å². The van der Waals surface area contributed by atoms with Crippen LogP contribution in [0.4, 0.5) is 5.82 Å². The lowest BCUT2D eigenvalue weighted by molar-refractivity contribution is 0.0961. The van der Waals surface area contributed by atoms with E-state index in [1.165, 1.54) is 18.4 Å². The third kappa shape index (κ3) is 4.91. The highest BCUT2D eigenvalue weighted by atomic mass is 16.5. The van der Waals surface area contributed by atoms with Crippen LogP contribution in [-0.2, 0) is 11.3 Å². The molecule has 1 aromatic heterocycles. The topological polar surface area (TPSA) is 40.6 Å². The molecule has 24 heavy (non-hydrogen) atoms. The molecule has 2 saturated heterocycles. The van der Waals surface area contributed by atoms with Crippen LogP contribution in [0, 0.1) is 0 Å². The van der Waals surface area contributed by atoms with Gasteiger partial charge in [-0.15, -0.1) is 0 Å². The summed E-state index contributed by atoms with van der Waals surface area (Å²) in [7, 11) is 0. The molecule has 0 unspecified atom stereocenters. The molecule has 0 saturated carbocycles. The van der Waals surface area contributed by atoms with Crippen LogP contribution in [0.3, 0.4) is 0 Å². The zero-order valence-electron chi connectivity index (χ0n) is 15.2. The Labute approximate surface area is 146 Å². The second-order valence-corrected chi connectivity index (χ2v) is 7.10. The molecule has 5 nitrogen and oxygen atoms in total. The van der Waals surface area contributed by atoms with Crippen molar-refractivity contribution in [2.24, 2.45) is 0 Å². The van der Waals surface area contributed by atoms with Crippen molar-refractivity contribution in [2.45, 2.75) is 51.8 Å². The lowest BCUT2D eigenvalue weighted by Crippen LogP contribution is -2.46.